The van der Waals surface area contributed by atoms with Crippen molar-refractivity contribution in [1.82, 2.24) is 9.55 Å². The Morgan fingerprint density at radius 3 is 2.57 bits per heavy atom. The highest BCUT2D eigenvalue weighted by atomic mass is 32.2. The Morgan fingerprint density at radius 2 is 1.83 bits per heavy atom. The smallest absolute Gasteiger partial charge is 0.326 e. The fraction of sp³-hybridized carbons (Fsp3) is 0.261. The number of rotatable bonds is 9. The van der Waals surface area contributed by atoms with Gasteiger partial charge in [-0.2, -0.15) is 0 Å². The summed E-state index contributed by atoms with van der Waals surface area (Å²) in [5.74, 6) is 0.252. The van der Waals surface area contributed by atoms with Crippen molar-refractivity contribution >= 4 is 29.2 Å². The van der Waals surface area contributed by atoms with Crippen molar-refractivity contribution in [2.75, 3.05) is 11.9 Å². The molecule has 156 valence electrons. The minimum atomic E-state index is -0.448. The molecule has 0 aliphatic rings. The van der Waals surface area contributed by atoms with Gasteiger partial charge in [0.05, 0.1) is 12.3 Å². The van der Waals surface area contributed by atoms with Crippen molar-refractivity contribution in [3.63, 3.8) is 0 Å². The van der Waals surface area contributed by atoms with Crippen LogP contribution < -0.4 is 10.9 Å². The lowest BCUT2D eigenvalue weighted by molar-refractivity contribution is -0.143. The first-order valence-electron chi connectivity index (χ1n) is 9.89. The Morgan fingerprint density at radius 1 is 1.10 bits per heavy atom. The molecule has 3 rings (SSSR count). The van der Waals surface area contributed by atoms with Gasteiger partial charge in [0.25, 0.3) is 5.56 Å². The van der Waals surface area contributed by atoms with E-state index in [4.69, 9.17) is 4.74 Å². The molecule has 7 heteroatoms. The highest BCUT2D eigenvalue weighted by molar-refractivity contribution is 7.98. The Balaban J connectivity index is 1.91. The van der Waals surface area contributed by atoms with Gasteiger partial charge in [-0.1, -0.05) is 43.3 Å². The number of aromatic nitrogens is 2. The Kier molecular flexibility index (Phi) is 7.68. The second-order valence-electron chi connectivity index (χ2n) is 6.53. The van der Waals surface area contributed by atoms with Crippen molar-refractivity contribution in [2.24, 2.45) is 0 Å². The summed E-state index contributed by atoms with van der Waals surface area (Å²) in [6.45, 7) is 3.91. The molecule has 0 aliphatic carbocycles. The maximum Gasteiger partial charge on any atom is 0.326 e. The highest BCUT2D eigenvalue weighted by Crippen LogP contribution is 2.23. The number of carbonyl (C=O) groups is 1. The zero-order valence-corrected chi connectivity index (χ0v) is 17.9. The number of thioether (sulfide) groups is 1. The first kappa shape index (κ1) is 21.6. The molecule has 0 aliphatic heterocycles. The number of anilines is 2. The van der Waals surface area contributed by atoms with Crippen LogP contribution in [0.5, 0.6) is 0 Å². The number of hydrogen-bond acceptors (Lipinski definition) is 6. The van der Waals surface area contributed by atoms with Crippen LogP contribution >= 0.6 is 11.8 Å². The van der Waals surface area contributed by atoms with E-state index in [1.165, 1.54) is 4.57 Å². The van der Waals surface area contributed by atoms with E-state index in [1.54, 1.807) is 24.9 Å². The molecule has 0 saturated heterocycles. The number of esters is 1. The first-order chi connectivity index (χ1) is 14.6. The SMILES string of the molecule is CCOC(=O)Cn1c(CSc2ccccc2)cnc(Nc2ccccc2CC)c1=O. The standard InChI is InChI=1S/C23H25N3O3S/c1-3-17-10-8-9-13-20(17)25-22-23(28)26(15-21(27)29-4-2)18(14-24-22)16-30-19-11-6-5-7-12-19/h5-14H,3-4,15-16H2,1-2H3,(H,24,25). The first-order valence-corrected chi connectivity index (χ1v) is 10.9. The summed E-state index contributed by atoms with van der Waals surface area (Å²) in [5.41, 5.74) is 2.23. The summed E-state index contributed by atoms with van der Waals surface area (Å²) in [6.07, 6.45) is 2.47. The molecule has 1 N–H and O–H groups in total. The van der Waals surface area contributed by atoms with Gasteiger partial charge in [-0.05, 0) is 37.1 Å². The predicted molar refractivity (Wildman–Crippen MR) is 120 cm³/mol. The summed E-state index contributed by atoms with van der Waals surface area (Å²) < 4.78 is 6.51. The van der Waals surface area contributed by atoms with Gasteiger partial charge in [0.1, 0.15) is 6.54 Å². The normalized spacial score (nSPS) is 10.6. The van der Waals surface area contributed by atoms with Crippen molar-refractivity contribution in [2.45, 2.75) is 37.5 Å². The largest absolute Gasteiger partial charge is 0.465 e. The van der Waals surface area contributed by atoms with Gasteiger partial charge in [0.2, 0.25) is 0 Å². The number of nitrogens with one attached hydrogen (secondary N) is 1. The van der Waals surface area contributed by atoms with Crippen LogP contribution in [0.3, 0.4) is 0 Å². The van der Waals surface area contributed by atoms with Crippen molar-refractivity contribution in [3.8, 4) is 0 Å². The molecular formula is C23H25N3O3S. The van der Waals surface area contributed by atoms with Crippen LogP contribution in [-0.4, -0.2) is 22.1 Å². The van der Waals surface area contributed by atoms with Crippen LogP contribution in [0.2, 0.25) is 0 Å². The van der Waals surface area contributed by atoms with Crippen LogP contribution in [-0.2, 0) is 28.2 Å². The van der Waals surface area contributed by atoms with Crippen molar-refractivity contribution < 1.29 is 9.53 Å². The molecule has 0 radical (unpaired) electrons. The third kappa shape index (κ3) is 5.51. The van der Waals surface area contributed by atoms with Crippen LogP contribution in [0.4, 0.5) is 11.5 Å². The van der Waals surface area contributed by atoms with Crippen LogP contribution in [0.15, 0.2) is 70.5 Å². The second-order valence-corrected chi connectivity index (χ2v) is 7.58. The Hall–Kier alpha value is -3.06. The van der Waals surface area contributed by atoms with Crippen molar-refractivity contribution in [1.29, 1.82) is 0 Å². The van der Waals surface area contributed by atoms with Gasteiger partial charge in [-0.15, -0.1) is 11.8 Å². The third-order valence-corrected chi connectivity index (χ3v) is 5.56. The molecule has 0 spiro atoms. The van der Waals surface area contributed by atoms with Crippen molar-refractivity contribution in [3.05, 3.63) is 82.4 Å². The fourth-order valence-electron chi connectivity index (χ4n) is 2.98. The predicted octanol–water partition coefficient (Wildman–Crippen LogP) is 4.40. The topological polar surface area (TPSA) is 73.2 Å². The molecule has 6 nitrogen and oxygen atoms in total. The molecule has 3 aromatic rings. The lowest BCUT2D eigenvalue weighted by Crippen LogP contribution is -2.30. The summed E-state index contributed by atoms with van der Waals surface area (Å²) >= 11 is 1.58. The van der Waals surface area contributed by atoms with Crippen LogP contribution in [0, 0.1) is 0 Å². The summed E-state index contributed by atoms with van der Waals surface area (Å²) in [4.78, 5) is 30.7. The van der Waals surface area contributed by atoms with Gasteiger partial charge >= 0.3 is 5.97 Å². The molecule has 0 saturated carbocycles. The monoisotopic (exact) mass is 423 g/mol. The molecule has 30 heavy (non-hydrogen) atoms. The van der Waals surface area contributed by atoms with E-state index >= 15 is 0 Å². The molecule has 2 aromatic carbocycles. The molecule has 0 amide bonds. The van der Waals surface area contributed by atoms with Gasteiger partial charge < -0.3 is 10.1 Å². The molecule has 0 bridgehead atoms. The Bertz CT molecular complexity index is 1050. The number of aryl methyl sites for hydroxylation is 1. The average Bonchev–Trinajstić information content (AvgIpc) is 2.77. The second kappa shape index (κ2) is 10.6. The van der Waals surface area contributed by atoms with E-state index in [-0.39, 0.29) is 24.5 Å². The Labute approximate surface area is 180 Å². The van der Waals surface area contributed by atoms with Gasteiger partial charge in [0, 0.05) is 22.5 Å². The number of para-hydroxylation sites is 1. The van der Waals surface area contributed by atoms with Gasteiger partial charge in [-0.25, -0.2) is 4.98 Å². The van der Waals surface area contributed by atoms with E-state index in [0.29, 0.717) is 11.4 Å². The minimum Gasteiger partial charge on any atom is -0.465 e. The molecular weight excluding hydrogens is 398 g/mol. The molecule has 0 atom stereocenters. The van der Waals surface area contributed by atoms with Gasteiger partial charge in [0.15, 0.2) is 5.82 Å². The van der Waals surface area contributed by atoms with Crippen LogP contribution in [0.25, 0.3) is 0 Å². The highest BCUT2D eigenvalue weighted by Gasteiger charge is 2.15. The zero-order chi connectivity index (χ0) is 21.3. The lowest BCUT2D eigenvalue weighted by atomic mass is 10.1. The summed E-state index contributed by atoms with van der Waals surface area (Å²) in [5, 5.41) is 3.14. The zero-order valence-electron chi connectivity index (χ0n) is 17.1. The third-order valence-electron chi connectivity index (χ3n) is 4.51. The fourth-order valence-corrected chi connectivity index (χ4v) is 3.88. The number of ether oxygens (including phenoxy) is 1. The molecule has 0 unspecified atom stereocenters. The number of benzene rings is 2. The molecule has 1 aromatic heterocycles. The van der Waals surface area contributed by atoms with Crippen LogP contribution in [0.1, 0.15) is 25.1 Å². The van der Waals surface area contributed by atoms with E-state index < -0.39 is 5.97 Å². The lowest BCUT2D eigenvalue weighted by Gasteiger charge is -2.15. The minimum absolute atomic E-state index is 0.149. The number of carbonyl (C=O) groups excluding carboxylic acids is 1. The number of nitrogens with zero attached hydrogens (tertiary/aromatic N) is 2. The maximum absolute atomic E-state index is 13.2. The van der Waals surface area contributed by atoms with E-state index in [2.05, 4.69) is 17.2 Å². The summed E-state index contributed by atoms with van der Waals surface area (Å²) in [6, 6.07) is 17.7. The molecule has 0 fully saturated rings. The maximum atomic E-state index is 13.2. The quantitative estimate of drug-likeness (QED) is 0.406. The summed E-state index contributed by atoms with van der Waals surface area (Å²) in [7, 11) is 0. The van der Waals surface area contributed by atoms with Gasteiger partial charge in [-0.3, -0.25) is 14.2 Å². The van der Waals surface area contributed by atoms with E-state index in [9.17, 15) is 9.59 Å². The van der Waals surface area contributed by atoms with E-state index in [1.807, 2.05) is 54.6 Å². The molecule has 1 heterocycles. The number of hydrogen-bond donors (Lipinski definition) is 1. The van der Waals surface area contributed by atoms with E-state index in [0.717, 1.165) is 22.6 Å². The average molecular weight is 424 g/mol.